The highest BCUT2D eigenvalue weighted by molar-refractivity contribution is 7.16. The lowest BCUT2D eigenvalue weighted by molar-refractivity contribution is 0.0652. The molecule has 134 valence electrons. The average molecular weight is 368 g/mol. The smallest absolute Gasteiger partial charge is 0.321 e. The Morgan fingerprint density at radius 1 is 1.23 bits per heavy atom. The van der Waals surface area contributed by atoms with Crippen molar-refractivity contribution in [2.75, 3.05) is 18.4 Å². The minimum atomic E-state index is -0.574. The van der Waals surface area contributed by atoms with E-state index in [1.54, 1.807) is 27.9 Å². The Kier molecular flexibility index (Phi) is 4.81. The molecule has 2 N–H and O–H groups in total. The van der Waals surface area contributed by atoms with Gasteiger partial charge in [0.05, 0.1) is 27.5 Å². The number of anilines is 1. The fraction of sp³-hybridized carbons (Fsp3) is 0.316. The SMILES string of the molecule is O=C(Nc1ccc2ncsc2c1)N1CCC([C@H](O)c2ccccn2)CC1. The van der Waals surface area contributed by atoms with Gasteiger partial charge < -0.3 is 15.3 Å². The number of hydrogen-bond acceptors (Lipinski definition) is 5. The van der Waals surface area contributed by atoms with Crippen molar-refractivity contribution < 1.29 is 9.90 Å². The molecule has 1 aromatic carbocycles. The summed E-state index contributed by atoms with van der Waals surface area (Å²) < 4.78 is 1.06. The lowest BCUT2D eigenvalue weighted by atomic mass is 9.89. The van der Waals surface area contributed by atoms with Gasteiger partial charge in [-0.1, -0.05) is 6.07 Å². The molecule has 0 spiro atoms. The molecule has 0 unspecified atom stereocenters. The van der Waals surface area contributed by atoms with E-state index in [0.717, 1.165) is 28.7 Å². The molecule has 1 fully saturated rings. The second-order valence-corrected chi connectivity index (χ2v) is 7.38. The predicted molar refractivity (Wildman–Crippen MR) is 102 cm³/mol. The third-order valence-corrected chi connectivity index (χ3v) is 5.64. The molecule has 2 amide bonds. The summed E-state index contributed by atoms with van der Waals surface area (Å²) in [5.41, 5.74) is 4.22. The number of aliphatic hydroxyl groups is 1. The van der Waals surface area contributed by atoms with E-state index in [-0.39, 0.29) is 11.9 Å². The number of amides is 2. The van der Waals surface area contributed by atoms with Gasteiger partial charge >= 0.3 is 6.03 Å². The first-order valence-corrected chi connectivity index (χ1v) is 9.57. The first kappa shape index (κ1) is 16.9. The van der Waals surface area contributed by atoms with Crippen molar-refractivity contribution in [2.45, 2.75) is 18.9 Å². The van der Waals surface area contributed by atoms with Crippen LogP contribution in [0.15, 0.2) is 48.1 Å². The summed E-state index contributed by atoms with van der Waals surface area (Å²) in [4.78, 5) is 22.8. The number of likely N-dealkylation sites (tertiary alicyclic amines) is 1. The number of urea groups is 1. The quantitative estimate of drug-likeness (QED) is 0.739. The van der Waals surface area contributed by atoms with Crippen molar-refractivity contribution in [1.82, 2.24) is 14.9 Å². The van der Waals surface area contributed by atoms with Crippen LogP contribution in [-0.4, -0.2) is 39.1 Å². The number of pyridine rings is 1. The molecule has 1 aliphatic heterocycles. The van der Waals surface area contributed by atoms with Crippen molar-refractivity contribution in [3.63, 3.8) is 0 Å². The second kappa shape index (κ2) is 7.39. The molecule has 0 radical (unpaired) electrons. The van der Waals surface area contributed by atoms with Crippen LogP contribution in [0.1, 0.15) is 24.6 Å². The van der Waals surface area contributed by atoms with E-state index >= 15 is 0 Å². The molecule has 6 nitrogen and oxygen atoms in total. The summed E-state index contributed by atoms with van der Waals surface area (Å²) in [5.74, 6) is 0.127. The van der Waals surface area contributed by atoms with Gasteiger partial charge in [-0.3, -0.25) is 4.98 Å². The maximum absolute atomic E-state index is 12.5. The van der Waals surface area contributed by atoms with E-state index in [1.165, 1.54) is 0 Å². The first-order chi connectivity index (χ1) is 12.7. The Labute approximate surface area is 155 Å². The minimum absolute atomic E-state index is 0.0976. The van der Waals surface area contributed by atoms with Crippen LogP contribution < -0.4 is 5.32 Å². The summed E-state index contributed by atoms with van der Waals surface area (Å²) >= 11 is 1.56. The van der Waals surface area contributed by atoms with Crippen molar-refractivity contribution in [3.05, 3.63) is 53.8 Å². The maximum atomic E-state index is 12.5. The highest BCUT2D eigenvalue weighted by Gasteiger charge is 2.28. The van der Waals surface area contributed by atoms with E-state index in [4.69, 9.17) is 0 Å². The van der Waals surface area contributed by atoms with Gasteiger partial charge in [0.1, 0.15) is 0 Å². The molecule has 1 aliphatic rings. The number of aliphatic hydroxyl groups excluding tert-OH is 1. The van der Waals surface area contributed by atoms with Crippen LogP contribution >= 0.6 is 11.3 Å². The maximum Gasteiger partial charge on any atom is 0.321 e. The first-order valence-electron chi connectivity index (χ1n) is 8.69. The van der Waals surface area contributed by atoms with Crippen molar-refractivity contribution >= 4 is 33.3 Å². The molecule has 1 saturated heterocycles. The fourth-order valence-corrected chi connectivity index (χ4v) is 4.06. The van der Waals surface area contributed by atoms with Gasteiger partial charge in [-0.2, -0.15) is 0 Å². The summed E-state index contributed by atoms with van der Waals surface area (Å²) in [6.45, 7) is 1.26. The average Bonchev–Trinajstić information content (AvgIpc) is 3.16. The van der Waals surface area contributed by atoms with Crippen LogP contribution in [0.25, 0.3) is 10.2 Å². The molecule has 2 aromatic heterocycles. The number of thiazole rings is 1. The van der Waals surface area contributed by atoms with Crippen LogP contribution in [-0.2, 0) is 0 Å². The zero-order valence-corrected chi connectivity index (χ0v) is 15.0. The number of rotatable bonds is 3. The molecule has 1 atom stereocenters. The molecule has 7 heteroatoms. The Bertz CT molecular complexity index is 891. The highest BCUT2D eigenvalue weighted by atomic mass is 32.1. The minimum Gasteiger partial charge on any atom is -0.387 e. The number of hydrogen-bond donors (Lipinski definition) is 2. The van der Waals surface area contributed by atoms with Gasteiger partial charge in [-0.25, -0.2) is 9.78 Å². The topological polar surface area (TPSA) is 78.4 Å². The van der Waals surface area contributed by atoms with Crippen molar-refractivity contribution in [2.24, 2.45) is 5.92 Å². The van der Waals surface area contributed by atoms with Gasteiger partial charge in [0.25, 0.3) is 0 Å². The number of fused-ring (bicyclic) bond motifs is 1. The van der Waals surface area contributed by atoms with Crippen molar-refractivity contribution in [3.8, 4) is 0 Å². The molecule has 0 bridgehead atoms. The number of aromatic nitrogens is 2. The number of piperidine rings is 1. The Balaban J connectivity index is 1.34. The number of benzene rings is 1. The molecule has 0 aliphatic carbocycles. The summed E-state index contributed by atoms with van der Waals surface area (Å²) in [6.07, 6.45) is 2.65. The predicted octanol–water partition coefficient (Wildman–Crippen LogP) is 3.67. The number of nitrogens with one attached hydrogen (secondary N) is 1. The normalized spacial score (nSPS) is 16.6. The third-order valence-electron chi connectivity index (χ3n) is 4.85. The molecule has 26 heavy (non-hydrogen) atoms. The Morgan fingerprint density at radius 2 is 2.08 bits per heavy atom. The summed E-state index contributed by atoms with van der Waals surface area (Å²) in [5, 5.41) is 13.5. The molecule has 4 rings (SSSR count). The highest BCUT2D eigenvalue weighted by Crippen LogP contribution is 2.30. The zero-order chi connectivity index (χ0) is 17.9. The molecular weight excluding hydrogens is 348 g/mol. The summed E-state index contributed by atoms with van der Waals surface area (Å²) in [6, 6.07) is 11.2. The lowest BCUT2D eigenvalue weighted by Gasteiger charge is -2.34. The van der Waals surface area contributed by atoms with E-state index in [0.29, 0.717) is 18.8 Å². The molecule has 0 saturated carbocycles. The largest absolute Gasteiger partial charge is 0.387 e. The van der Waals surface area contributed by atoms with Gasteiger partial charge in [-0.15, -0.1) is 11.3 Å². The van der Waals surface area contributed by atoms with E-state index in [2.05, 4.69) is 15.3 Å². The summed E-state index contributed by atoms with van der Waals surface area (Å²) in [7, 11) is 0. The van der Waals surface area contributed by atoms with Gasteiger partial charge in [0, 0.05) is 25.0 Å². The van der Waals surface area contributed by atoms with E-state index < -0.39 is 6.10 Å². The molecule has 3 heterocycles. The Morgan fingerprint density at radius 3 is 2.85 bits per heavy atom. The number of carbonyl (C=O) groups excluding carboxylic acids is 1. The second-order valence-electron chi connectivity index (χ2n) is 6.49. The molecular formula is C19H20N4O2S. The van der Waals surface area contributed by atoms with E-state index in [9.17, 15) is 9.90 Å². The van der Waals surface area contributed by atoms with Gasteiger partial charge in [0.2, 0.25) is 0 Å². The van der Waals surface area contributed by atoms with Crippen LogP contribution in [0.2, 0.25) is 0 Å². The molecule has 3 aromatic rings. The third kappa shape index (κ3) is 3.54. The number of nitrogens with zero attached hydrogens (tertiary/aromatic N) is 3. The van der Waals surface area contributed by atoms with Crippen LogP contribution in [0.5, 0.6) is 0 Å². The zero-order valence-electron chi connectivity index (χ0n) is 14.2. The van der Waals surface area contributed by atoms with Crippen molar-refractivity contribution in [1.29, 1.82) is 0 Å². The van der Waals surface area contributed by atoms with Gasteiger partial charge in [-0.05, 0) is 49.1 Å². The van der Waals surface area contributed by atoms with Gasteiger partial charge in [0.15, 0.2) is 0 Å². The van der Waals surface area contributed by atoms with E-state index in [1.807, 2.05) is 36.4 Å². The van der Waals surface area contributed by atoms with Crippen LogP contribution in [0.3, 0.4) is 0 Å². The number of carbonyl (C=O) groups is 1. The monoisotopic (exact) mass is 368 g/mol. The fourth-order valence-electron chi connectivity index (χ4n) is 3.35. The Hall–Kier alpha value is -2.51. The van der Waals surface area contributed by atoms with Crippen LogP contribution in [0.4, 0.5) is 10.5 Å². The lowest BCUT2D eigenvalue weighted by Crippen LogP contribution is -2.42. The van der Waals surface area contributed by atoms with Crippen LogP contribution in [0, 0.1) is 5.92 Å². The standard InChI is InChI=1S/C19H20N4O2S/c24-18(16-3-1-2-8-20-16)13-6-9-23(10-7-13)19(25)22-14-4-5-15-17(11-14)26-12-21-15/h1-5,8,11-13,18,24H,6-7,9-10H2,(H,22,25)/t18-/m0/s1.